The molecule has 6 nitrogen and oxygen atoms in total. The molecule has 0 spiro atoms. The third kappa shape index (κ3) is 1.90. The van der Waals surface area contributed by atoms with Gasteiger partial charge in [-0.05, 0) is 19.3 Å². The van der Waals surface area contributed by atoms with E-state index in [0.29, 0.717) is 18.7 Å². The predicted octanol–water partition coefficient (Wildman–Crippen LogP) is 0.918. The Morgan fingerprint density at radius 1 is 1.59 bits per heavy atom. The first-order valence-electron chi connectivity index (χ1n) is 5.46. The van der Waals surface area contributed by atoms with Gasteiger partial charge in [-0.3, -0.25) is 4.79 Å². The number of aryl methyl sites for hydroxylation is 1. The molecular weight excluding hydrogens is 224 g/mol. The third-order valence-corrected chi connectivity index (χ3v) is 3.15. The van der Waals surface area contributed by atoms with Gasteiger partial charge in [-0.1, -0.05) is 6.92 Å². The number of nitrogens with zero attached hydrogens (tertiary/aromatic N) is 2. The highest BCUT2D eigenvalue weighted by atomic mass is 16.4. The van der Waals surface area contributed by atoms with Gasteiger partial charge in [-0.25, -0.2) is 9.78 Å². The summed E-state index contributed by atoms with van der Waals surface area (Å²) in [6.07, 6.45) is 1.88. The highest BCUT2D eigenvalue weighted by Crippen LogP contribution is 2.26. The molecule has 1 saturated heterocycles. The minimum Gasteiger partial charge on any atom is -0.480 e. The summed E-state index contributed by atoms with van der Waals surface area (Å²) in [5.41, 5.74) is 0.485. The fourth-order valence-corrected chi connectivity index (χ4v) is 2.19. The molecule has 6 heteroatoms. The van der Waals surface area contributed by atoms with Crippen LogP contribution in [0.4, 0.5) is 0 Å². The molecule has 0 bridgehead atoms. The van der Waals surface area contributed by atoms with Crippen LogP contribution in [0.15, 0.2) is 10.8 Å². The number of hydrogen-bond donors (Lipinski definition) is 1. The first-order chi connectivity index (χ1) is 8.02. The van der Waals surface area contributed by atoms with Gasteiger partial charge in [-0.15, -0.1) is 0 Å². The minimum atomic E-state index is -0.972. The van der Waals surface area contributed by atoms with Crippen molar-refractivity contribution in [2.24, 2.45) is 5.92 Å². The van der Waals surface area contributed by atoms with Crippen LogP contribution in [-0.2, 0) is 4.79 Å². The molecule has 1 fully saturated rings. The second kappa shape index (κ2) is 4.20. The van der Waals surface area contributed by atoms with Crippen molar-refractivity contribution in [1.82, 2.24) is 9.88 Å². The molecule has 1 aromatic rings. The number of carbonyl (C=O) groups excluding carboxylic acids is 1. The molecule has 1 amide bonds. The van der Waals surface area contributed by atoms with Gasteiger partial charge in [-0.2, -0.15) is 0 Å². The number of aromatic nitrogens is 1. The number of oxazole rings is 1. The van der Waals surface area contributed by atoms with Crippen molar-refractivity contribution in [2.75, 3.05) is 6.54 Å². The smallest absolute Gasteiger partial charge is 0.326 e. The second-order valence-corrected chi connectivity index (χ2v) is 4.31. The molecule has 0 saturated carbocycles. The number of hydrogen-bond acceptors (Lipinski definition) is 4. The van der Waals surface area contributed by atoms with Crippen LogP contribution in [0, 0.1) is 12.8 Å². The summed E-state index contributed by atoms with van der Waals surface area (Å²) in [5.74, 6) is -1.28. The van der Waals surface area contributed by atoms with Gasteiger partial charge < -0.3 is 14.4 Å². The maximum Gasteiger partial charge on any atom is 0.326 e. The number of amides is 1. The lowest BCUT2D eigenvalue weighted by molar-refractivity contribution is -0.142. The first kappa shape index (κ1) is 11.6. The number of aliphatic carboxylic acids is 1. The van der Waals surface area contributed by atoms with Crippen molar-refractivity contribution in [1.29, 1.82) is 0 Å². The zero-order chi connectivity index (χ0) is 12.6. The third-order valence-electron chi connectivity index (χ3n) is 3.15. The number of likely N-dealkylation sites (tertiary alicyclic amines) is 1. The fourth-order valence-electron chi connectivity index (χ4n) is 2.19. The van der Waals surface area contributed by atoms with Crippen molar-refractivity contribution in [3.8, 4) is 0 Å². The number of carboxylic acids is 1. The van der Waals surface area contributed by atoms with E-state index < -0.39 is 17.9 Å². The van der Waals surface area contributed by atoms with Crippen LogP contribution in [0.3, 0.4) is 0 Å². The Morgan fingerprint density at radius 2 is 2.29 bits per heavy atom. The van der Waals surface area contributed by atoms with Crippen LogP contribution in [0.1, 0.15) is 29.6 Å². The Labute approximate surface area is 98.2 Å². The summed E-state index contributed by atoms with van der Waals surface area (Å²) < 4.78 is 5.01. The molecule has 2 atom stereocenters. The lowest BCUT2D eigenvalue weighted by Crippen LogP contribution is -2.42. The van der Waals surface area contributed by atoms with Crippen LogP contribution in [-0.4, -0.2) is 39.5 Å². The standard InChI is InChI=1S/C11H14N2O4/c1-6-3-4-13(8(6)11(15)16)10(14)9-7(2)12-5-17-9/h5-6,8H,3-4H2,1-2H3,(H,15,16). The summed E-state index contributed by atoms with van der Waals surface area (Å²) >= 11 is 0. The van der Waals surface area contributed by atoms with Crippen molar-refractivity contribution < 1.29 is 19.1 Å². The molecular formula is C11H14N2O4. The molecule has 2 unspecified atom stereocenters. The van der Waals surface area contributed by atoms with Crippen LogP contribution >= 0.6 is 0 Å². The van der Waals surface area contributed by atoms with Crippen molar-refractivity contribution in [3.05, 3.63) is 17.8 Å². The molecule has 17 heavy (non-hydrogen) atoms. The average Bonchev–Trinajstić information content (AvgIpc) is 2.83. The SMILES string of the molecule is Cc1ncoc1C(=O)N1CCC(C)C1C(=O)O. The van der Waals surface area contributed by atoms with Gasteiger partial charge >= 0.3 is 5.97 Å². The van der Waals surface area contributed by atoms with E-state index in [1.54, 1.807) is 6.92 Å². The van der Waals surface area contributed by atoms with Crippen molar-refractivity contribution in [2.45, 2.75) is 26.3 Å². The molecule has 0 aliphatic carbocycles. The van der Waals surface area contributed by atoms with E-state index in [1.807, 2.05) is 6.92 Å². The first-order valence-corrected chi connectivity index (χ1v) is 5.46. The number of rotatable bonds is 2. The average molecular weight is 238 g/mol. The van der Waals surface area contributed by atoms with E-state index in [2.05, 4.69) is 4.98 Å². The molecule has 92 valence electrons. The van der Waals surface area contributed by atoms with Gasteiger partial charge in [0.2, 0.25) is 5.76 Å². The summed E-state index contributed by atoms with van der Waals surface area (Å²) in [6.45, 7) is 3.93. The van der Waals surface area contributed by atoms with Gasteiger partial charge in [0.25, 0.3) is 5.91 Å². The molecule has 1 N–H and O–H groups in total. The molecule has 1 aliphatic heterocycles. The highest BCUT2D eigenvalue weighted by molar-refractivity contribution is 5.95. The van der Waals surface area contributed by atoms with Gasteiger partial charge in [0.05, 0.1) is 5.69 Å². The number of carboxylic acid groups (broad SMARTS) is 1. The summed E-state index contributed by atoms with van der Waals surface area (Å²) in [6, 6.07) is -0.771. The quantitative estimate of drug-likeness (QED) is 0.828. The van der Waals surface area contributed by atoms with Crippen LogP contribution in [0.2, 0.25) is 0 Å². The Kier molecular flexibility index (Phi) is 2.87. The minimum absolute atomic E-state index is 0.0420. The normalized spacial score (nSPS) is 24.0. The Morgan fingerprint density at radius 3 is 2.82 bits per heavy atom. The second-order valence-electron chi connectivity index (χ2n) is 4.31. The van der Waals surface area contributed by atoms with Gasteiger partial charge in [0, 0.05) is 6.54 Å². The Balaban J connectivity index is 2.26. The fraction of sp³-hybridized carbons (Fsp3) is 0.545. The van der Waals surface area contributed by atoms with Crippen molar-refractivity contribution in [3.63, 3.8) is 0 Å². The van der Waals surface area contributed by atoms with E-state index in [0.717, 1.165) is 0 Å². The predicted molar refractivity (Wildman–Crippen MR) is 57.5 cm³/mol. The van der Waals surface area contributed by atoms with Gasteiger partial charge in [0.1, 0.15) is 6.04 Å². The van der Waals surface area contributed by atoms with Gasteiger partial charge in [0.15, 0.2) is 6.39 Å². The lowest BCUT2D eigenvalue weighted by atomic mass is 10.0. The van der Waals surface area contributed by atoms with E-state index in [-0.39, 0.29) is 11.7 Å². The zero-order valence-electron chi connectivity index (χ0n) is 9.71. The molecule has 2 rings (SSSR count). The van der Waals surface area contributed by atoms with Crippen molar-refractivity contribution >= 4 is 11.9 Å². The Bertz CT molecular complexity index is 454. The monoisotopic (exact) mass is 238 g/mol. The molecule has 0 radical (unpaired) electrons. The topological polar surface area (TPSA) is 83.6 Å². The maximum absolute atomic E-state index is 12.1. The molecule has 1 aliphatic rings. The zero-order valence-corrected chi connectivity index (χ0v) is 9.71. The molecule has 1 aromatic heterocycles. The lowest BCUT2D eigenvalue weighted by Gasteiger charge is -2.22. The summed E-state index contributed by atoms with van der Waals surface area (Å²) in [5, 5.41) is 9.13. The van der Waals surface area contributed by atoms with E-state index >= 15 is 0 Å². The van der Waals surface area contributed by atoms with E-state index in [4.69, 9.17) is 9.52 Å². The van der Waals surface area contributed by atoms with Crippen LogP contribution in [0.25, 0.3) is 0 Å². The molecule has 0 aromatic carbocycles. The number of carbonyl (C=O) groups is 2. The van der Waals surface area contributed by atoms with E-state index in [1.165, 1.54) is 11.3 Å². The maximum atomic E-state index is 12.1. The summed E-state index contributed by atoms with van der Waals surface area (Å²) in [4.78, 5) is 28.4. The van der Waals surface area contributed by atoms with Crippen LogP contribution < -0.4 is 0 Å². The summed E-state index contributed by atoms with van der Waals surface area (Å²) in [7, 11) is 0. The van der Waals surface area contributed by atoms with Crippen LogP contribution in [0.5, 0.6) is 0 Å². The highest BCUT2D eigenvalue weighted by Gasteiger charge is 2.41. The largest absolute Gasteiger partial charge is 0.480 e. The van der Waals surface area contributed by atoms with E-state index in [9.17, 15) is 9.59 Å². The Hall–Kier alpha value is -1.85. The molecule has 2 heterocycles.